The van der Waals surface area contributed by atoms with Crippen LogP contribution in [0.15, 0.2) is 28.7 Å². The smallest absolute Gasteiger partial charge is 0.138 e. The Morgan fingerprint density at radius 3 is 2.87 bits per heavy atom. The minimum atomic E-state index is 0.187. The zero-order chi connectivity index (χ0) is 10.8. The van der Waals surface area contributed by atoms with Gasteiger partial charge in [-0.15, -0.1) is 0 Å². The first kappa shape index (κ1) is 10.1. The zero-order valence-electron chi connectivity index (χ0n) is 8.86. The molecule has 0 atom stereocenters. The van der Waals surface area contributed by atoms with Crippen LogP contribution in [-0.4, -0.2) is 11.2 Å². The highest BCUT2D eigenvalue weighted by molar-refractivity contribution is 5.79. The second-order valence-electron chi connectivity index (χ2n) is 3.79. The van der Waals surface area contributed by atoms with Crippen molar-refractivity contribution in [1.82, 2.24) is 0 Å². The van der Waals surface area contributed by atoms with E-state index in [1.807, 2.05) is 26.0 Å². The molecule has 0 aliphatic heterocycles. The molecule has 1 aromatic carbocycles. The quantitative estimate of drug-likeness (QED) is 0.839. The molecule has 3 heteroatoms. The SMILES string of the molecule is CC(C)OCc1cc2ccc(O)cc2o1. The topological polar surface area (TPSA) is 42.6 Å². The van der Waals surface area contributed by atoms with Gasteiger partial charge in [0, 0.05) is 11.5 Å². The van der Waals surface area contributed by atoms with Crippen LogP contribution in [0.4, 0.5) is 0 Å². The number of furan rings is 1. The Balaban J connectivity index is 2.23. The third-order valence-electron chi connectivity index (χ3n) is 2.11. The van der Waals surface area contributed by atoms with Crippen molar-refractivity contribution in [2.75, 3.05) is 0 Å². The maximum atomic E-state index is 9.27. The summed E-state index contributed by atoms with van der Waals surface area (Å²) < 4.78 is 10.9. The van der Waals surface area contributed by atoms with Crippen LogP contribution >= 0.6 is 0 Å². The molecule has 1 heterocycles. The van der Waals surface area contributed by atoms with E-state index in [0.717, 1.165) is 11.1 Å². The predicted molar refractivity (Wildman–Crippen MR) is 57.8 cm³/mol. The molecule has 2 aromatic rings. The van der Waals surface area contributed by atoms with Crippen LogP contribution in [0.2, 0.25) is 0 Å². The first-order valence-electron chi connectivity index (χ1n) is 4.98. The van der Waals surface area contributed by atoms with Crippen LogP contribution in [-0.2, 0) is 11.3 Å². The van der Waals surface area contributed by atoms with Gasteiger partial charge in [0.2, 0.25) is 0 Å². The molecular weight excluding hydrogens is 192 g/mol. The number of aromatic hydroxyl groups is 1. The van der Waals surface area contributed by atoms with Gasteiger partial charge in [-0.05, 0) is 32.0 Å². The average molecular weight is 206 g/mol. The third-order valence-corrected chi connectivity index (χ3v) is 2.11. The number of hydrogen-bond donors (Lipinski definition) is 1. The molecule has 1 N–H and O–H groups in total. The average Bonchev–Trinajstić information content (AvgIpc) is 2.56. The standard InChI is InChI=1S/C12H14O3/c1-8(2)14-7-11-5-9-3-4-10(13)6-12(9)15-11/h3-6,8,13H,7H2,1-2H3. The van der Waals surface area contributed by atoms with E-state index in [1.54, 1.807) is 12.1 Å². The number of rotatable bonds is 3. The molecule has 15 heavy (non-hydrogen) atoms. The molecule has 0 amide bonds. The van der Waals surface area contributed by atoms with Crippen molar-refractivity contribution < 1.29 is 14.3 Å². The molecule has 0 spiro atoms. The normalized spacial score (nSPS) is 11.4. The van der Waals surface area contributed by atoms with Crippen molar-refractivity contribution in [2.24, 2.45) is 0 Å². The summed E-state index contributed by atoms with van der Waals surface area (Å²) in [7, 11) is 0. The van der Waals surface area contributed by atoms with E-state index in [0.29, 0.717) is 12.2 Å². The van der Waals surface area contributed by atoms with Crippen LogP contribution in [0.5, 0.6) is 5.75 Å². The van der Waals surface area contributed by atoms with Gasteiger partial charge in [0.1, 0.15) is 23.7 Å². The summed E-state index contributed by atoms with van der Waals surface area (Å²) in [5.74, 6) is 0.998. The molecule has 80 valence electrons. The summed E-state index contributed by atoms with van der Waals surface area (Å²) in [6.45, 7) is 4.43. The fourth-order valence-electron chi connectivity index (χ4n) is 1.39. The van der Waals surface area contributed by atoms with E-state index in [1.165, 1.54) is 0 Å². The molecule has 2 rings (SSSR count). The highest BCUT2D eigenvalue weighted by Gasteiger charge is 2.05. The molecule has 0 aliphatic carbocycles. The Kier molecular flexibility index (Phi) is 2.64. The first-order chi connectivity index (χ1) is 7.15. The number of hydrogen-bond acceptors (Lipinski definition) is 3. The van der Waals surface area contributed by atoms with E-state index < -0.39 is 0 Å². The summed E-state index contributed by atoms with van der Waals surface area (Å²) in [6, 6.07) is 7.00. The van der Waals surface area contributed by atoms with E-state index in [-0.39, 0.29) is 11.9 Å². The molecule has 0 saturated carbocycles. The second kappa shape index (κ2) is 3.95. The number of phenolic OH excluding ortho intramolecular Hbond substituents is 1. The van der Waals surface area contributed by atoms with Crippen LogP contribution in [0.3, 0.4) is 0 Å². The fourth-order valence-corrected chi connectivity index (χ4v) is 1.39. The van der Waals surface area contributed by atoms with Crippen LogP contribution < -0.4 is 0 Å². The summed E-state index contributed by atoms with van der Waals surface area (Å²) in [5.41, 5.74) is 0.692. The molecule has 0 radical (unpaired) electrons. The lowest BCUT2D eigenvalue weighted by atomic mass is 10.2. The summed E-state index contributed by atoms with van der Waals surface area (Å²) >= 11 is 0. The molecule has 0 bridgehead atoms. The fraction of sp³-hybridized carbons (Fsp3) is 0.333. The summed E-state index contributed by atoms with van der Waals surface area (Å²) in [6.07, 6.45) is 0.187. The van der Waals surface area contributed by atoms with Crippen molar-refractivity contribution in [2.45, 2.75) is 26.6 Å². The molecule has 0 unspecified atom stereocenters. The van der Waals surface area contributed by atoms with Crippen LogP contribution in [0, 0.1) is 0 Å². The summed E-state index contributed by atoms with van der Waals surface area (Å²) in [4.78, 5) is 0. The molecular formula is C12H14O3. The Morgan fingerprint density at radius 2 is 2.13 bits per heavy atom. The van der Waals surface area contributed by atoms with Crippen LogP contribution in [0.25, 0.3) is 11.0 Å². The predicted octanol–water partition coefficient (Wildman–Crippen LogP) is 3.06. The highest BCUT2D eigenvalue weighted by atomic mass is 16.5. The first-order valence-corrected chi connectivity index (χ1v) is 4.98. The Bertz CT molecular complexity index is 457. The Hall–Kier alpha value is -1.48. The number of ether oxygens (including phenoxy) is 1. The maximum absolute atomic E-state index is 9.27. The summed E-state index contributed by atoms with van der Waals surface area (Å²) in [5, 5.41) is 10.2. The number of fused-ring (bicyclic) bond motifs is 1. The van der Waals surface area contributed by atoms with Gasteiger partial charge in [-0.3, -0.25) is 0 Å². The van der Waals surface area contributed by atoms with Gasteiger partial charge in [0.25, 0.3) is 0 Å². The van der Waals surface area contributed by atoms with Crippen molar-refractivity contribution >= 4 is 11.0 Å². The van der Waals surface area contributed by atoms with Gasteiger partial charge in [-0.1, -0.05) is 0 Å². The van der Waals surface area contributed by atoms with Crippen molar-refractivity contribution in [3.63, 3.8) is 0 Å². The van der Waals surface area contributed by atoms with Gasteiger partial charge in [0.15, 0.2) is 0 Å². The molecule has 1 aromatic heterocycles. The lowest BCUT2D eigenvalue weighted by Gasteiger charge is -2.03. The van der Waals surface area contributed by atoms with E-state index in [9.17, 15) is 5.11 Å². The van der Waals surface area contributed by atoms with Gasteiger partial charge in [-0.25, -0.2) is 0 Å². The number of benzene rings is 1. The Morgan fingerprint density at radius 1 is 1.33 bits per heavy atom. The monoisotopic (exact) mass is 206 g/mol. The van der Waals surface area contributed by atoms with Gasteiger partial charge in [-0.2, -0.15) is 0 Å². The second-order valence-corrected chi connectivity index (χ2v) is 3.79. The largest absolute Gasteiger partial charge is 0.508 e. The maximum Gasteiger partial charge on any atom is 0.138 e. The molecule has 0 aliphatic rings. The van der Waals surface area contributed by atoms with Crippen LogP contribution in [0.1, 0.15) is 19.6 Å². The van der Waals surface area contributed by atoms with E-state index in [2.05, 4.69) is 0 Å². The van der Waals surface area contributed by atoms with Crippen molar-refractivity contribution in [3.8, 4) is 5.75 Å². The van der Waals surface area contributed by atoms with Gasteiger partial charge in [0.05, 0.1) is 6.10 Å². The zero-order valence-corrected chi connectivity index (χ0v) is 8.86. The minimum Gasteiger partial charge on any atom is -0.508 e. The third kappa shape index (κ3) is 2.30. The Labute approximate surface area is 88.3 Å². The molecule has 3 nitrogen and oxygen atoms in total. The van der Waals surface area contributed by atoms with E-state index in [4.69, 9.17) is 9.15 Å². The van der Waals surface area contributed by atoms with Gasteiger partial charge >= 0.3 is 0 Å². The van der Waals surface area contributed by atoms with E-state index >= 15 is 0 Å². The highest BCUT2D eigenvalue weighted by Crippen LogP contribution is 2.23. The lowest BCUT2D eigenvalue weighted by Crippen LogP contribution is -2.01. The lowest BCUT2D eigenvalue weighted by molar-refractivity contribution is 0.0553. The molecule has 0 fully saturated rings. The number of phenols is 1. The minimum absolute atomic E-state index is 0.187. The van der Waals surface area contributed by atoms with Gasteiger partial charge < -0.3 is 14.3 Å². The molecule has 0 saturated heterocycles. The van der Waals surface area contributed by atoms with Crippen molar-refractivity contribution in [3.05, 3.63) is 30.0 Å². The van der Waals surface area contributed by atoms with Crippen molar-refractivity contribution in [1.29, 1.82) is 0 Å².